The van der Waals surface area contributed by atoms with Crippen molar-refractivity contribution >= 4 is 0 Å². The maximum absolute atomic E-state index is 2.52. The largest absolute Gasteiger partial charge is 0.306 e. The van der Waals surface area contributed by atoms with Gasteiger partial charge in [-0.3, -0.25) is 0 Å². The van der Waals surface area contributed by atoms with E-state index < -0.39 is 0 Å². The summed E-state index contributed by atoms with van der Waals surface area (Å²) in [5, 5.41) is 0. The van der Waals surface area contributed by atoms with E-state index in [2.05, 4.69) is 18.9 Å². The Hall–Kier alpha value is -0.0400. The zero-order valence-corrected chi connectivity index (χ0v) is 7.71. The third kappa shape index (κ3) is 1.31. The van der Waals surface area contributed by atoms with Crippen molar-refractivity contribution < 1.29 is 0 Å². The minimum absolute atomic E-state index is 1.01. The summed E-state index contributed by atoms with van der Waals surface area (Å²) >= 11 is 0. The molecule has 2 fully saturated rings. The van der Waals surface area contributed by atoms with Crippen LogP contribution in [0.15, 0.2) is 0 Å². The smallest absolute Gasteiger partial charge is 0.000938 e. The molecule has 0 aromatic carbocycles. The first kappa shape index (κ1) is 7.60. The van der Waals surface area contributed by atoms with Crippen molar-refractivity contribution in [2.24, 2.45) is 17.8 Å². The molecule has 0 aromatic heterocycles. The molecular weight excluding hydrogens is 134 g/mol. The third-order valence-electron chi connectivity index (χ3n) is 3.73. The van der Waals surface area contributed by atoms with Gasteiger partial charge in [0.05, 0.1) is 0 Å². The number of fused-ring (bicyclic) bond motifs is 2. The summed E-state index contributed by atoms with van der Waals surface area (Å²) in [6.07, 6.45) is 4.47. The molecule has 1 aliphatic carbocycles. The topological polar surface area (TPSA) is 3.24 Å². The molecule has 1 saturated carbocycles. The molecule has 2 bridgehead atoms. The molecule has 1 saturated heterocycles. The van der Waals surface area contributed by atoms with E-state index in [1.165, 1.54) is 32.4 Å². The van der Waals surface area contributed by atoms with Crippen LogP contribution < -0.4 is 0 Å². The van der Waals surface area contributed by atoms with Crippen molar-refractivity contribution in [3.8, 4) is 0 Å². The lowest BCUT2D eigenvalue weighted by molar-refractivity contribution is 0.0474. The maximum atomic E-state index is 2.52. The second-order valence-electron chi connectivity index (χ2n) is 4.53. The fourth-order valence-corrected chi connectivity index (χ4v) is 2.94. The van der Waals surface area contributed by atoms with E-state index in [0.717, 1.165) is 17.8 Å². The van der Waals surface area contributed by atoms with Crippen molar-refractivity contribution in [3.63, 3.8) is 0 Å². The van der Waals surface area contributed by atoms with Crippen molar-refractivity contribution in [3.05, 3.63) is 0 Å². The summed E-state index contributed by atoms with van der Waals surface area (Å²) < 4.78 is 0. The van der Waals surface area contributed by atoms with Crippen molar-refractivity contribution in [1.82, 2.24) is 4.90 Å². The lowest BCUT2D eigenvalue weighted by Crippen LogP contribution is -2.45. The van der Waals surface area contributed by atoms with E-state index in [4.69, 9.17) is 0 Å². The Morgan fingerprint density at radius 3 is 2.18 bits per heavy atom. The molecule has 2 rings (SSSR count). The molecular formula is C10H19N. The normalized spacial score (nSPS) is 45.8. The van der Waals surface area contributed by atoms with Gasteiger partial charge in [0, 0.05) is 13.1 Å². The Morgan fingerprint density at radius 2 is 1.64 bits per heavy atom. The maximum Gasteiger partial charge on any atom is 0.000938 e. The summed E-state index contributed by atoms with van der Waals surface area (Å²) in [5.74, 6) is 3.06. The average molecular weight is 153 g/mol. The highest BCUT2D eigenvalue weighted by molar-refractivity contribution is 4.86. The van der Waals surface area contributed by atoms with E-state index in [1.54, 1.807) is 0 Å². The number of piperidine rings is 1. The molecule has 2 atom stereocenters. The van der Waals surface area contributed by atoms with Gasteiger partial charge in [0.2, 0.25) is 0 Å². The monoisotopic (exact) mass is 153 g/mol. The molecule has 2 unspecified atom stereocenters. The molecule has 11 heavy (non-hydrogen) atoms. The molecule has 0 N–H and O–H groups in total. The van der Waals surface area contributed by atoms with E-state index in [9.17, 15) is 0 Å². The second-order valence-corrected chi connectivity index (χ2v) is 4.53. The molecule has 0 spiro atoms. The molecule has 1 heterocycles. The van der Waals surface area contributed by atoms with Gasteiger partial charge in [0.1, 0.15) is 0 Å². The van der Waals surface area contributed by atoms with Crippen LogP contribution in [0.1, 0.15) is 26.2 Å². The van der Waals surface area contributed by atoms with Crippen LogP contribution >= 0.6 is 0 Å². The first-order valence-electron chi connectivity index (χ1n) is 4.96. The molecule has 2 aliphatic rings. The average Bonchev–Trinajstić information content (AvgIpc) is 1.92. The molecule has 0 radical (unpaired) electrons. The minimum atomic E-state index is 1.01. The number of likely N-dealkylation sites (tertiary alicyclic amines) is 1. The second kappa shape index (κ2) is 2.78. The predicted octanol–water partition coefficient (Wildman–Crippen LogP) is 1.98. The van der Waals surface area contributed by atoms with E-state index in [1.807, 2.05) is 0 Å². The third-order valence-corrected chi connectivity index (χ3v) is 3.73. The number of hydrogen-bond acceptors (Lipinski definition) is 1. The zero-order chi connectivity index (χ0) is 7.84. The van der Waals surface area contributed by atoms with Crippen LogP contribution in [0, 0.1) is 17.8 Å². The minimum Gasteiger partial charge on any atom is -0.306 e. The molecule has 1 heteroatoms. The molecule has 64 valence electrons. The Morgan fingerprint density at radius 1 is 1.09 bits per heavy atom. The van der Waals surface area contributed by atoms with Crippen LogP contribution in [-0.4, -0.2) is 25.0 Å². The van der Waals surface area contributed by atoms with Crippen LogP contribution in [0.5, 0.6) is 0 Å². The van der Waals surface area contributed by atoms with E-state index in [0.29, 0.717) is 0 Å². The number of hydrogen-bond donors (Lipinski definition) is 0. The Balaban J connectivity index is 2.07. The summed E-state index contributed by atoms with van der Waals surface area (Å²) in [6.45, 7) is 5.18. The Kier molecular flexibility index (Phi) is 1.92. The van der Waals surface area contributed by atoms with Gasteiger partial charge in [0.15, 0.2) is 0 Å². The summed E-state index contributed by atoms with van der Waals surface area (Å²) in [4.78, 5) is 2.52. The Bertz CT molecular complexity index is 130. The molecule has 0 amide bonds. The standard InChI is InChI=1S/C10H19N/c1-8-9-4-3-5-10(8)7-11(2)6-9/h8-10H,3-7H2,1-2H3. The summed E-state index contributed by atoms with van der Waals surface area (Å²) in [6, 6.07) is 0. The lowest BCUT2D eigenvalue weighted by Gasteiger charge is -2.44. The highest BCUT2D eigenvalue weighted by Crippen LogP contribution is 2.38. The fourth-order valence-electron chi connectivity index (χ4n) is 2.94. The van der Waals surface area contributed by atoms with Crippen LogP contribution in [0.2, 0.25) is 0 Å². The molecule has 1 aliphatic heterocycles. The first-order valence-corrected chi connectivity index (χ1v) is 4.96. The van der Waals surface area contributed by atoms with Gasteiger partial charge in [-0.15, -0.1) is 0 Å². The number of rotatable bonds is 0. The SMILES string of the molecule is CC1C2CCCC1CN(C)C2. The van der Waals surface area contributed by atoms with Crippen molar-refractivity contribution in [1.29, 1.82) is 0 Å². The van der Waals surface area contributed by atoms with Gasteiger partial charge in [0.25, 0.3) is 0 Å². The highest BCUT2D eigenvalue weighted by atomic mass is 15.1. The lowest BCUT2D eigenvalue weighted by atomic mass is 9.70. The van der Waals surface area contributed by atoms with Crippen molar-refractivity contribution in [2.45, 2.75) is 26.2 Å². The van der Waals surface area contributed by atoms with Gasteiger partial charge < -0.3 is 4.90 Å². The molecule has 0 aromatic rings. The van der Waals surface area contributed by atoms with Gasteiger partial charge in [-0.1, -0.05) is 13.3 Å². The summed E-state index contributed by atoms with van der Waals surface area (Å²) in [5.41, 5.74) is 0. The summed E-state index contributed by atoms with van der Waals surface area (Å²) in [7, 11) is 2.28. The Labute approximate surface area is 69.8 Å². The van der Waals surface area contributed by atoms with Gasteiger partial charge in [-0.25, -0.2) is 0 Å². The van der Waals surface area contributed by atoms with Crippen LogP contribution in [0.4, 0.5) is 0 Å². The van der Waals surface area contributed by atoms with E-state index in [-0.39, 0.29) is 0 Å². The first-order chi connectivity index (χ1) is 5.27. The van der Waals surface area contributed by atoms with E-state index >= 15 is 0 Å². The fraction of sp³-hybridized carbons (Fsp3) is 1.00. The van der Waals surface area contributed by atoms with Gasteiger partial charge in [-0.05, 0) is 37.6 Å². The zero-order valence-electron chi connectivity index (χ0n) is 7.71. The molecule has 1 nitrogen and oxygen atoms in total. The number of nitrogens with zero attached hydrogens (tertiary/aromatic N) is 1. The van der Waals surface area contributed by atoms with Crippen molar-refractivity contribution in [2.75, 3.05) is 20.1 Å². The highest BCUT2D eigenvalue weighted by Gasteiger charge is 2.34. The van der Waals surface area contributed by atoms with Crippen LogP contribution in [0.25, 0.3) is 0 Å². The van der Waals surface area contributed by atoms with Gasteiger partial charge in [-0.2, -0.15) is 0 Å². The van der Waals surface area contributed by atoms with Crippen LogP contribution in [0.3, 0.4) is 0 Å². The van der Waals surface area contributed by atoms with Gasteiger partial charge >= 0.3 is 0 Å². The predicted molar refractivity (Wildman–Crippen MR) is 47.5 cm³/mol. The van der Waals surface area contributed by atoms with Crippen LogP contribution in [-0.2, 0) is 0 Å². The quantitative estimate of drug-likeness (QED) is 0.514.